The maximum absolute atomic E-state index is 12.6. The summed E-state index contributed by atoms with van der Waals surface area (Å²) in [4.78, 5) is 34.9. The predicted octanol–water partition coefficient (Wildman–Crippen LogP) is 6.57. The Morgan fingerprint density at radius 1 is 1.07 bits per heavy atom. The van der Waals surface area contributed by atoms with Gasteiger partial charge in [0.25, 0.3) is 0 Å². The van der Waals surface area contributed by atoms with E-state index >= 15 is 0 Å². The lowest BCUT2D eigenvalue weighted by atomic mass is 9.86. The second-order valence-corrected chi connectivity index (χ2v) is 13.7. The molecule has 0 saturated carbocycles. The van der Waals surface area contributed by atoms with Gasteiger partial charge in [0.1, 0.15) is 5.75 Å². The van der Waals surface area contributed by atoms with Crippen LogP contribution in [0.5, 0.6) is 5.75 Å². The van der Waals surface area contributed by atoms with Crippen molar-refractivity contribution < 1.29 is 51.2 Å². The molecule has 0 radical (unpaired) electrons. The minimum Gasteiger partial charge on any atom is -0.496 e. The lowest BCUT2D eigenvalue weighted by Gasteiger charge is -2.42. The third-order valence-corrected chi connectivity index (χ3v) is 10.0. The molecule has 10 nitrogen and oxygen atoms in total. The molecule has 0 spiro atoms. The van der Waals surface area contributed by atoms with Crippen LogP contribution in [0.15, 0.2) is 47.4 Å². The SMILES string of the molecule is CCCCC1(CCCC)CS(O)(O)c2cc(CNC(CC(=O)O)CC(=O)OC(=O)C(F)(F)F)c(OC)cc2C(c2ccccc2)N1. The fourth-order valence-electron chi connectivity index (χ4n) is 5.78. The molecular weight excluding hydrogens is 629 g/mol. The van der Waals surface area contributed by atoms with Crippen LogP contribution in [0.4, 0.5) is 13.2 Å². The lowest BCUT2D eigenvalue weighted by molar-refractivity contribution is -0.202. The number of carbonyl (C=O) groups is 3. The van der Waals surface area contributed by atoms with Gasteiger partial charge < -0.3 is 19.9 Å². The highest BCUT2D eigenvalue weighted by Gasteiger charge is 2.44. The number of halogens is 3. The smallest absolute Gasteiger partial charge is 0.491 e. The molecule has 0 aliphatic carbocycles. The van der Waals surface area contributed by atoms with Crippen molar-refractivity contribution >= 4 is 28.5 Å². The monoisotopic (exact) mass is 672 g/mol. The molecule has 0 amide bonds. The number of nitrogens with one attached hydrogen (secondary N) is 2. The van der Waals surface area contributed by atoms with Crippen molar-refractivity contribution in [1.29, 1.82) is 0 Å². The summed E-state index contributed by atoms with van der Waals surface area (Å²) in [7, 11) is -1.97. The van der Waals surface area contributed by atoms with Crippen molar-refractivity contribution in [2.75, 3.05) is 12.9 Å². The molecular formula is C32H43F3N2O8S. The molecule has 2 atom stereocenters. The fourth-order valence-corrected chi connectivity index (χ4v) is 7.96. The van der Waals surface area contributed by atoms with E-state index in [1.54, 1.807) is 12.1 Å². The molecule has 14 heteroatoms. The first kappa shape index (κ1) is 37.3. The van der Waals surface area contributed by atoms with E-state index in [0.29, 0.717) is 21.8 Å². The first-order valence-corrected chi connectivity index (χ1v) is 16.9. The summed E-state index contributed by atoms with van der Waals surface area (Å²) in [6, 6.07) is 11.3. The molecule has 2 unspecified atom stereocenters. The van der Waals surface area contributed by atoms with Gasteiger partial charge in [0, 0.05) is 29.3 Å². The summed E-state index contributed by atoms with van der Waals surface area (Å²) >= 11 is 0. The second kappa shape index (κ2) is 16.1. The van der Waals surface area contributed by atoms with E-state index in [1.807, 2.05) is 30.3 Å². The van der Waals surface area contributed by atoms with Crippen LogP contribution in [-0.4, -0.2) is 62.7 Å². The van der Waals surface area contributed by atoms with Crippen LogP contribution >= 0.6 is 10.6 Å². The topological polar surface area (TPSA) is 154 Å². The van der Waals surface area contributed by atoms with E-state index in [0.717, 1.165) is 44.1 Å². The van der Waals surface area contributed by atoms with Crippen molar-refractivity contribution in [3.63, 3.8) is 0 Å². The number of esters is 2. The Bertz CT molecular complexity index is 1350. The van der Waals surface area contributed by atoms with Crippen molar-refractivity contribution in [2.24, 2.45) is 0 Å². The van der Waals surface area contributed by atoms with Crippen LogP contribution in [0.2, 0.25) is 0 Å². The molecule has 5 N–H and O–H groups in total. The van der Waals surface area contributed by atoms with Crippen LogP contribution < -0.4 is 15.4 Å². The van der Waals surface area contributed by atoms with Gasteiger partial charge >= 0.3 is 24.1 Å². The predicted molar refractivity (Wildman–Crippen MR) is 167 cm³/mol. The molecule has 256 valence electrons. The van der Waals surface area contributed by atoms with E-state index in [9.17, 15) is 41.8 Å². The minimum absolute atomic E-state index is 0.0796. The number of hydrogen-bond acceptors (Lipinski definition) is 9. The third kappa shape index (κ3) is 9.91. The van der Waals surface area contributed by atoms with Crippen molar-refractivity contribution in [1.82, 2.24) is 10.6 Å². The van der Waals surface area contributed by atoms with Crippen LogP contribution in [0.3, 0.4) is 0 Å². The molecule has 0 saturated heterocycles. The van der Waals surface area contributed by atoms with Gasteiger partial charge in [-0.15, -0.1) is 0 Å². The maximum atomic E-state index is 12.6. The Balaban J connectivity index is 2.03. The first-order valence-electron chi connectivity index (χ1n) is 15.2. The number of carboxylic acids is 1. The first-order chi connectivity index (χ1) is 21.6. The van der Waals surface area contributed by atoms with Crippen molar-refractivity contribution in [3.8, 4) is 5.75 Å². The molecule has 2 aromatic rings. The third-order valence-electron chi connectivity index (χ3n) is 8.01. The largest absolute Gasteiger partial charge is 0.496 e. The number of aliphatic carboxylic acids is 1. The van der Waals surface area contributed by atoms with E-state index in [-0.39, 0.29) is 12.3 Å². The summed E-state index contributed by atoms with van der Waals surface area (Å²) in [6.45, 7) is 4.02. The van der Waals surface area contributed by atoms with Crippen LogP contribution in [0.25, 0.3) is 0 Å². The number of carbonyl (C=O) groups excluding carboxylic acids is 2. The molecule has 1 aliphatic heterocycles. The average molecular weight is 673 g/mol. The Morgan fingerprint density at radius 2 is 1.70 bits per heavy atom. The zero-order valence-corrected chi connectivity index (χ0v) is 27.0. The molecule has 1 aliphatic rings. The van der Waals surface area contributed by atoms with Crippen molar-refractivity contribution in [3.05, 3.63) is 59.2 Å². The Hall–Kier alpha value is -3.17. The summed E-state index contributed by atoms with van der Waals surface area (Å²) in [5.41, 5.74) is 1.34. The average Bonchev–Trinajstić information content (AvgIpc) is 3.08. The molecule has 2 aromatic carbocycles. The number of carboxylic acid groups (broad SMARTS) is 1. The Kier molecular flexibility index (Phi) is 13.0. The zero-order valence-electron chi connectivity index (χ0n) is 26.2. The number of methoxy groups -OCH3 is 1. The number of rotatable bonds is 15. The molecule has 3 rings (SSSR count). The van der Waals surface area contributed by atoms with Gasteiger partial charge in [0.15, 0.2) is 0 Å². The highest BCUT2D eigenvalue weighted by molar-refractivity contribution is 8.24. The summed E-state index contributed by atoms with van der Waals surface area (Å²) < 4.78 is 70.8. The van der Waals surface area contributed by atoms with Gasteiger partial charge in [-0.3, -0.25) is 24.0 Å². The lowest BCUT2D eigenvalue weighted by Crippen LogP contribution is -2.50. The van der Waals surface area contributed by atoms with Crippen LogP contribution in [-0.2, 0) is 25.7 Å². The summed E-state index contributed by atoms with van der Waals surface area (Å²) in [5, 5.41) is 16.0. The minimum atomic E-state index is -5.39. The van der Waals surface area contributed by atoms with Gasteiger partial charge in [0.2, 0.25) is 0 Å². The van der Waals surface area contributed by atoms with Crippen LogP contribution in [0.1, 0.15) is 87.9 Å². The van der Waals surface area contributed by atoms with E-state index in [1.165, 1.54) is 7.11 Å². The Labute approximate surface area is 268 Å². The highest BCUT2D eigenvalue weighted by Crippen LogP contribution is 2.58. The van der Waals surface area contributed by atoms with E-state index in [2.05, 4.69) is 29.2 Å². The van der Waals surface area contributed by atoms with Gasteiger partial charge in [-0.05, 0) is 30.5 Å². The van der Waals surface area contributed by atoms with E-state index in [4.69, 9.17) is 4.74 Å². The normalized spacial score (nSPS) is 18.5. The molecule has 0 fully saturated rings. The van der Waals surface area contributed by atoms with E-state index < -0.39 is 65.1 Å². The quantitative estimate of drug-likeness (QED) is 0.104. The highest BCUT2D eigenvalue weighted by atomic mass is 32.3. The summed E-state index contributed by atoms with van der Waals surface area (Å²) in [5.74, 6) is -5.17. The van der Waals surface area contributed by atoms with Gasteiger partial charge in [-0.2, -0.15) is 23.8 Å². The number of hydrogen-bond donors (Lipinski definition) is 5. The summed E-state index contributed by atoms with van der Waals surface area (Å²) in [6.07, 6.45) is -1.83. The number of fused-ring (bicyclic) bond motifs is 1. The standard InChI is InChI=1S/C32H43F3N2O8S/c1-4-6-13-31(14-7-5-2)20-46(42,43)26-15-22(25(44-3)18-24(26)29(37-31)21-11-9-8-10-12-21)19-36-23(16-27(38)39)17-28(40)45-30(41)32(33,34)35/h8-12,15,18,23,29,36-37,42-43H,4-7,13-14,16-17,19-20H2,1-3H3,(H,38,39). The fraction of sp³-hybridized carbons (Fsp3) is 0.531. The Morgan fingerprint density at radius 3 is 2.24 bits per heavy atom. The van der Waals surface area contributed by atoms with Crippen LogP contribution in [0, 0.1) is 0 Å². The molecule has 0 bridgehead atoms. The van der Waals surface area contributed by atoms with Gasteiger partial charge in [-0.1, -0.05) is 69.9 Å². The van der Waals surface area contributed by atoms with Gasteiger partial charge in [0.05, 0.1) is 36.6 Å². The van der Waals surface area contributed by atoms with Gasteiger partial charge in [-0.25, -0.2) is 4.79 Å². The number of ether oxygens (including phenoxy) is 2. The molecule has 46 heavy (non-hydrogen) atoms. The maximum Gasteiger partial charge on any atom is 0.491 e. The zero-order chi connectivity index (χ0) is 34.1. The number of benzene rings is 2. The van der Waals surface area contributed by atoms with Crippen molar-refractivity contribution in [2.45, 2.75) is 100 Å². The number of unbranched alkanes of at least 4 members (excludes halogenated alkanes) is 2. The molecule has 0 aromatic heterocycles. The molecule has 1 heterocycles. The second-order valence-electron chi connectivity index (χ2n) is 11.6. The number of alkyl halides is 3.